The highest BCUT2D eigenvalue weighted by molar-refractivity contribution is 5.82. The van der Waals surface area contributed by atoms with Gasteiger partial charge in [-0.25, -0.2) is 0 Å². The predicted octanol–water partition coefficient (Wildman–Crippen LogP) is 2.44. The second kappa shape index (κ2) is 5.01. The van der Waals surface area contributed by atoms with Gasteiger partial charge in [-0.15, -0.1) is 0 Å². The average molecular weight is 245 g/mol. The number of rotatable bonds is 2. The molecule has 1 atom stereocenters. The van der Waals surface area contributed by atoms with Crippen LogP contribution in [0.3, 0.4) is 0 Å². The first-order valence-electron chi connectivity index (χ1n) is 6.88. The molecule has 0 spiro atoms. The standard InChI is InChI=1S/C15H19NO2/c17-15(16-12-7-2-1-3-8-12)14-10-11-6-4-5-9-13(11)18-14/h4-6,9,12,14H,1-3,7-8,10H2,(H,16,17). The zero-order valence-electron chi connectivity index (χ0n) is 10.5. The molecule has 2 aliphatic rings. The molecular weight excluding hydrogens is 226 g/mol. The van der Waals surface area contributed by atoms with Crippen molar-refractivity contribution in [2.75, 3.05) is 0 Å². The predicted molar refractivity (Wildman–Crippen MR) is 69.6 cm³/mol. The Morgan fingerprint density at radius 2 is 1.94 bits per heavy atom. The highest BCUT2D eigenvalue weighted by Crippen LogP contribution is 2.28. The number of hydrogen-bond acceptors (Lipinski definition) is 2. The van der Waals surface area contributed by atoms with Crippen LogP contribution in [0.15, 0.2) is 24.3 Å². The maximum atomic E-state index is 12.1. The minimum Gasteiger partial charge on any atom is -0.480 e. The van der Waals surface area contributed by atoms with Crippen LogP contribution in [-0.2, 0) is 11.2 Å². The highest BCUT2D eigenvalue weighted by atomic mass is 16.5. The van der Waals surface area contributed by atoms with Crippen molar-refractivity contribution in [1.82, 2.24) is 5.32 Å². The van der Waals surface area contributed by atoms with E-state index in [9.17, 15) is 4.79 Å². The summed E-state index contributed by atoms with van der Waals surface area (Å²) < 4.78 is 5.70. The number of nitrogens with one attached hydrogen (secondary N) is 1. The molecule has 0 radical (unpaired) electrons. The van der Waals surface area contributed by atoms with E-state index in [0.29, 0.717) is 12.5 Å². The maximum Gasteiger partial charge on any atom is 0.261 e. The van der Waals surface area contributed by atoms with E-state index in [2.05, 4.69) is 5.32 Å². The van der Waals surface area contributed by atoms with E-state index >= 15 is 0 Å². The lowest BCUT2D eigenvalue weighted by atomic mass is 9.95. The second-order valence-corrected chi connectivity index (χ2v) is 5.26. The molecule has 1 amide bonds. The number of carbonyl (C=O) groups excluding carboxylic acids is 1. The molecule has 3 rings (SSSR count). The number of carbonyl (C=O) groups is 1. The zero-order chi connectivity index (χ0) is 12.4. The van der Waals surface area contributed by atoms with Crippen molar-refractivity contribution in [3.05, 3.63) is 29.8 Å². The van der Waals surface area contributed by atoms with E-state index in [1.807, 2.05) is 24.3 Å². The van der Waals surface area contributed by atoms with Crippen LogP contribution in [0.4, 0.5) is 0 Å². The summed E-state index contributed by atoms with van der Waals surface area (Å²) in [6, 6.07) is 8.26. The smallest absolute Gasteiger partial charge is 0.261 e. The van der Waals surface area contributed by atoms with Crippen molar-refractivity contribution in [3.8, 4) is 5.75 Å². The first kappa shape index (κ1) is 11.6. The topological polar surface area (TPSA) is 38.3 Å². The quantitative estimate of drug-likeness (QED) is 0.869. The molecule has 1 heterocycles. The molecule has 3 heteroatoms. The van der Waals surface area contributed by atoms with Crippen molar-refractivity contribution in [2.45, 2.75) is 50.7 Å². The summed E-state index contributed by atoms with van der Waals surface area (Å²) in [7, 11) is 0. The fraction of sp³-hybridized carbons (Fsp3) is 0.533. The number of fused-ring (bicyclic) bond motifs is 1. The monoisotopic (exact) mass is 245 g/mol. The number of ether oxygens (including phenoxy) is 1. The molecule has 1 aliphatic carbocycles. The van der Waals surface area contributed by atoms with Gasteiger partial charge in [0.25, 0.3) is 5.91 Å². The molecule has 1 fully saturated rings. The minimum atomic E-state index is -0.329. The summed E-state index contributed by atoms with van der Waals surface area (Å²) >= 11 is 0. The fourth-order valence-electron chi connectivity index (χ4n) is 2.87. The second-order valence-electron chi connectivity index (χ2n) is 5.26. The van der Waals surface area contributed by atoms with Crippen LogP contribution >= 0.6 is 0 Å². The van der Waals surface area contributed by atoms with Crippen molar-refractivity contribution in [1.29, 1.82) is 0 Å². The van der Waals surface area contributed by atoms with Gasteiger partial charge in [-0.05, 0) is 24.5 Å². The van der Waals surface area contributed by atoms with Crippen molar-refractivity contribution < 1.29 is 9.53 Å². The lowest BCUT2D eigenvalue weighted by molar-refractivity contribution is -0.128. The van der Waals surface area contributed by atoms with Crippen LogP contribution in [0.2, 0.25) is 0 Å². The molecule has 1 unspecified atom stereocenters. The average Bonchev–Trinajstić information content (AvgIpc) is 2.84. The molecule has 96 valence electrons. The van der Waals surface area contributed by atoms with Crippen LogP contribution < -0.4 is 10.1 Å². The van der Waals surface area contributed by atoms with E-state index in [-0.39, 0.29) is 12.0 Å². The normalized spacial score (nSPS) is 23.2. The Kier molecular flexibility index (Phi) is 3.22. The third kappa shape index (κ3) is 2.35. The van der Waals surface area contributed by atoms with Crippen LogP contribution in [0, 0.1) is 0 Å². The first-order valence-corrected chi connectivity index (χ1v) is 6.88. The third-order valence-electron chi connectivity index (χ3n) is 3.89. The molecule has 0 bridgehead atoms. The van der Waals surface area contributed by atoms with Gasteiger partial charge in [-0.1, -0.05) is 37.5 Å². The molecule has 1 saturated carbocycles. The molecule has 1 aliphatic heterocycles. The van der Waals surface area contributed by atoms with Crippen LogP contribution in [0.25, 0.3) is 0 Å². The summed E-state index contributed by atoms with van der Waals surface area (Å²) in [6.45, 7) is 0. The first-order chi connectivity index (χ1) is 8.83. The Morgan fingerprint density at radius 1 is 1.17 bits per heavy atom. The number of amides is 1. The molecule has 1 aromatic rings. The molecular formula is C15H19NO2. The summed E-state index contributed by atoms with van der Waals surface area (Å²) in [6.07, 6.45) is 6.38. The van der Waals surface area contributed by atoms with Gasteiger partial charge in [0.15, 0.2) is 6.10 Å². The summed E-state index contributed by atoms with van der Waals surface area (Å²) in [5.41, 5.74) is 1.14. The summed E-state index contributed by atoms with van der Waals surface area (Å²) in [4.78, 5) is 12.1. The van der Waals surface area contributed by atoms with Gasteiger partial charge in [-0.2, -0.15) is 0 Å². The van der Waals surface area contributed by atoms with Gasteiger partial charge < -0.3 is 10.1 Å². The number of para-hydroxylation sites is 1. The molecule has 1 aromatic carbocycles. The van der Waals surface area contributed by atoms with E-state index in [4.69, 9.17) is 4.74 Å². The van der Waals surface area contributed by atoms with Gasteiger partial charge >= 0.3 is 0 Å². The summed E-state index contributed by atoms with van der Waals surface area (Å²) in [5, 5.41) is 3.13. The van der Waals surface area contributed by atoms with Crippen molar-refractivity contribution >= 4 is 5.91 Å². The Hall–Kier alpha value is -1.51. The van der Waals surface area contributed by atoms with Gasteiger partial charge in [0.2, 0.25) is 0 Å². The van der Waals surface area contributed by atoms with Crippen molar-refractivity contribution in [3.63, 3.8) is 0 Å². The van der Waals surface area contributed by atoms with Crippen molar-refractivity contribution in [2.24, 2.45) is 0 Å². The van der Waals surface area contributed by atoms with E-state index in [1.165, 1.54) is 19.3 Å². The minimum absolute atomic E-state index is 0.0538. The van der Waals surface area contributed by atoms with E-state index < -0.39 is 0 Å². The van der Waals surface area contributed by atoms with E-state index in [0.717, 1.165) is 24.2 Å². The zero-order valence-corrected chi connectivity index (χ0v) is 10.5. The van der Waals surface area contributed by atoms with Gasteiger partial charge in [0.1, 0.15) is 5.75 Å². The molecule has 1 N–H and O–H groups in total. The van der Waals surface area contributed by atoms with Gasteiger partial charge in [0.05, 0.1) is 0 Å². The Labute approximate surface area is 108 Å². The number of hydrogen-bond donors (Lipinski definition) is 1. The SMILES string of the molecule is O=C(NC1CCCCC1)C1Cc2ccccc2O1. The molecule has 0 saturated heterocycles. The van der Waals surface area contributed by atoms with Crippen LogP contribution in [-0.4, -0.2) is 18.1 Å². The highest BCUT2D eigenvalue weighted by Gasteiger charge is 2.30. The van der Waals surface area contributed by atoms with Crippen LogP contribution in [0.5, 0.6) is 5.75 Å². The molecule has 3 nitrogen and oxygen atoms in total. The van der Waals surface area contributed by atoms with Gasteiger partial charge in [-0.3, -0.25) is 4.79 Å². The number of benzene rings is 1. The van der Waals surface area contributed by atoms with E-state index in [1.54, 1.807) is 0 Å². The Bertz CT molecular complexity index is 413. The molecule has 18 heavy (non-hydrogen) atoms. The molecule has 0 aromatic heterocycles. The maximum absolute atomic E-state index is 12.1. The summed E-state index contributed by atoms with van der Waals surface area (Å²) in [5.74, 6) is 0.916. The van der Waals surface area contributed by atoms with Gasteiger partial charge in [0, 0.05) is 12.5 Å². The lowest BCUT2D eigenvalue weighted by Gasteiger charge is -2.24. The van der Waals surface area contributed by atoms with Crippen LogP contribution in [0.1, 0.15) is 37.7 Å². The lowest BCUT2D eigenvalue weighted by Crippen LogP contribution is -2.44. The largest absolute Gasteiger partial charge is 0.480 e. The Balaban J connectivity index is 1.58. The third-order valence-corrected chi connectivity index (χ3v) is 3.89. The Morgan fingerprint density at radius 3 is 2.72 bits per heavy atom. The fourth-order valence-corrected chi connectivity index (χ4v) is 2.87.